The van der Waals surface area contributed by atoms with E-state index in [0.717, 1.165) is 11.8 Å². The van der Waals surface area contributed by atoms with Crippen LogP contribution >= 0.6 is 0 Å². The van der Waals surface area contributed by atoms with Crippen molar-refractivity contribution in [2.75, 3.05) is 15.9 Å². The number of carbonyl (C=O) groups excluding carboxylic acids is 1. The maximum atomic E-state index is 12.5. The third-order valence-electron chi connectivity index (χ3n) is 4.29. The summed E-state index contributed by atoms with van der Waals surface area (Å²) < 4.78 is 47.8. The number of sulfonamides is 2. The summed E-state index contributed by atoms with van der Waals surface area (Å²) in [6.07, 6.45) is 1.68. The molecule has 0 radical (unpaired) electrons. The van der Waals surface area contributed by atoms with Gasteiger partial charge in [-0.2, -0.15) is 0 Å². The van der Waals surface area contributed by atoms with Crippen LogP contribution in [0.1, 0.15) is 22.8 Å². The molecular formula is C17H19N3O5S2. The molecule has 0 unspecified atom stereocenters. The molecule has 1 aliphatic rings. The average Bonchev–Trinajstić information content (AvgIpc) is 2.89. The van der Waals surface area contributed by atoms with Gasteiger partial charge in [-0.15, -0.1) is 0 Å². The number of nitrogens with one attached hydrogen (secondary N) is 1. The van der Waals surface area contributed by atoms with Gasteiger partial charge in [0.05, 0.1) is 16.8 Å². The number of rotatable bonds is 4. The molecule has 10 heteroatoms. The van der Waals surface area contributed by atoms with Crippen molar-refractivity contribution in [3.05, 3.63) is 53.6 Å². The molecular weight excluding hydrogens is 390 g/mol. The monoisotopic (exact) mass is 409 g/mol. The van der Waals surface area contributed by atoms with Crippen molar-refractivity contribution in [3.63, 3.8) is 0 Å². The standard InChI is InChI=1S/C17H19N3O5S2/c1-11-9-13-10-12(3-8-16(13)20(11)26(2,22)23)17(21)19-14-4-6-15(7-5-14)27(18,24)25/h3-8,10-11H,9H2,1-2H3,(H,19,21)(H2,18,24,25)/t11-/m1/s1. The highest BCUT2D eigenvalue weighted by atomic mass is 32.2. The number of amides is 1. The van der Waals surface area contributed by atoms with Crippen LogP contribution in [0.5, 0.6) is 0 Å². The van der Waals surface area contributed by atoms with Gasteiger partial charge >= 0.3 is 0 Å². The van der Waals surface area contributed by atoms with Gasteiger partial charge < -0.3 is 5.32 Å². The minimum Gasteiger partial charge on any atom is -0.322 e. The molecule has 0 fully saturated rings. The van der Waals surface area contributed by atoms with Crippen LogP contribution in [0.4, 0.5) is 11.4 Å². The van der Waals surface area contributed by atoms with Gasteiger partial charge in [-0.3, -0.25) is 9.10 Å². The van der Waals surface area contributed by atoms with E-state index < -0.39 is 20.0 Å². The fourth-order valence-corrected chi connectivity index (χ4v) is 4.96. The number of nitrogens with zero attached hydrogens (tertiary/aromatic N) is 1. The smallest absolute Gasteiger partial charge is 0.255 e. The van der Waals surface area contributed by atoms with E-state index in [1.54, 1.807) is 18.2 Å². The SMILES string of the molecule is C[C@@H]1Cc2cc(C(=O)Nc3ccc(S(N)(=O)=O)cc3)ccc2N1S(C)(=O)=O. The molecule has 1 heterocycles. The summed E-state index contributed by atoms with van der Waals surface area (Å²) in [5.74, 6) is -0.383. The topological polar surface area (TPSA) is 127 Å². The second-order valence-corrected chi connectivity index (χ2v) is 9.90. The van der Waals surface area contributed by atoms with Crippen LogP contribution in [-0.4, -0.2) is 35.0 Å². The van der Waals surface area contributed by atoms with Gasteiger partial charge in [-0.25, -0.2) is 22.0 Å². The number of fused-ring (bicyclic) bond motifs is 1. The van der Waals surface area contributed by atoms with E-state index in [9.17, 15) is 21.6 Å². The molecule has 2 aromatic rings. The summed E-state index contributed by atoms with van der Waals surface area (Å²) in [6.45, 7) is 1.81. The van der Waals surface area contributed by atoms with Crippen molar-refractivity contribution < 1.29 is 21.6 Å². The zero-order chi connectivity index (χ0) is 20.0. The second-order valence-electron chi connectivity index (χ2n) is 6.48. The highest BCUT2D eigenvalue weighted by Gasteiger charge is 2.32. The van der Waals surface area contributed by atoms with Crippen LogP contribution in [0.2, 0.25) is 0 Å². The Morgan fingerprint density at radius 2 is 1.74 bits per heavy atom. The molecule has 1 aliphatic heterocycles. The summed E-state index contributed by atoms with van der Waals surface area (Å²) in [4.78, 5) is 12.4. The lowest BCUT2D eigenvalue weighted by molar-refractivity contribution is 0.102. The first-order chi connectivity index (χ1) is 12.5. The Morgan fingerprint density at radius 3 is 2.30 bits per heavy atom. The van der Waals surface area contributed by atoms with Crippen molar-refractivity contribution in [2.24, 2.45) is 5.14 Å². The number of anilines is 2. The van der Waals surface area contributed by atoms with Crippen LogP contribution in [0.3, 0.4) is 0 Å². The van der Waals surface area contributed by atoms with Gasteiger partial charge in [0.1, 0.15) is 0 Å². The summed E-state index contributed by atoms with van der Waals surface area (Å²) in [5.41, 5.74) is 2.16. The van der Waals surface area contributed by atoms with Crippen molar-refractivity contribution in [1.29, 1.82) is 0 Å². The number of carbonyl (C=O) groups is 1. The largest absolute Gasteiger partial charge is 0.322 e. The van der Waals surface area contributed by atoms with Crippen LogP contribution in [0, 0.1) is 0 Å². The Balaban J connectivity index is 1.82. The number of nitrogens with two attached hydrogens (primary N) is 1. The van der Waals surface area contributed by atoms with Crippen molar-refractivity contribution in [2.45, 2.75) is 24.3 Å². The van der Waals surface area contributed by atoms with E-state index in [-0.39, 0.29) is 16.8 Å². The quantitative estimate of drug-likeness (QED) is 0.787. The van der Waals surface area contributed by atoms with Gasteiger partial charge in [0.2, 0.25) is 20.0 Å². The molecule has 0 saturated heterocycles. The zero-order valence-electron chi connectivity index (χ0n) is 14.7. The lowest BCUT2D eigenvalue weighted by atomic mass is 10.1. The molecule has 8 nitrogen and oxygen atoms in total. The molecule has 0 spiro atoms. The Morgan fingerprint density at radius 1 is 1.11 bits per heavy atom. The molecule has 0 aromatic heterocycles. The average molecular weight is 409 g/mol. The van der Waals surface area contributed by atoms with Gasteiger partial charge in [0.15, 0.2) is 0 Å². The normalized spacial score (nSPS) is 16.9. The van der Waals surface area contributed by atoms with Crippen molar-refractivity contribution in [1.82, 2.24) is 0 Å². The van der Waals surface area contributed by atoms with Gasteiger partial charge in [-0.1, -0.05) is 0 Å². The number of primary sulfonamides is 1. The summed E-state index contributed by atoms with van der Waals surface area (Å²) in [5, 5.41) is 7.72. The van der Waals surface area contributed by atoms with Crippen molar-refractivity contribution >= 4 is 37.3 Å². The predicted octanol–water partition coefficient (Wildman–Crippen LogP) is 1.30. The van der Waals surface area contributed by atoms with Gasteiger partial charge in [-0.05, 0) is 61.4 Å². The van der Waals surface area contributed by atoms with E-state index in [1.165, 1.54) is 28.6 Å². The van der Waals surface area contributed by atoms with Crippen LogP contribution < -0.4 is 14.8 Å². The first-order valence-corrected chi connectivity index (χ1v) is 11.4. The molecule has 27 heavy (non-hydrogen) atoms. The third-order valence-corrected chi connectivity index (χ3v) is 6.49. The van der Waals surface area contributed by atoms with E-state index in [0.29, 0.717) is 23.4 Å². The Hall–Kier alpha value is -2.43. The van der Waals surface area contributed by atoms with Crippen molar-refractivity contribution in [3.8, 4) is 0 Å². The highest BCUT2D eigenvalue weighted by molar-refractivity contribution is 7.92. The fourth-order valence-electron chi connectivity index (χ4n) is 3.18. The first-order valence-electron chi connectivity index (χ1n) is 8.03. The number of hydrogen-bond acceptors (Lipinski definition) is 5. The molecule has 1 atom stereocenters. The van der Waals surface area contributed by atoms with Gasteiger partial charge in [0.25, 0.3) is 5.91 Å². The molecule has 0 bridgehead atoms. The van der Waals surface area contributed by atoms with E-state index in [1.807, 2.05) is 6.92 Å². The number of benzene rings is 2. The summed E-state index contributed by atoms with van der Waals surface area (Å²) in [6, 6.07) is 10.1. The molecule has 3 N–H and O–H groups in total. The Bertz CT molecular complexity index is 1110. The van der Waals surface area contributed by atoms with Crippen LogP contribution in [0.15, 0.2) is 47.4 Å². The summed E-state index contributed by atoms with van der Waals surface area (Å²) in [7, 11) is -7.19. The Kier molecular flexibility index (Phi) is 4.74. The lowest BCUT2D eigenvalue weighted by Crippen LogP contribution is -2.34. The van der Waals surface area contributed by atoms with E-state index in [4.69, 9.17) is 5.14 Å². The van der Waals surface area contributed by atoms with E-state index >= 15 is 0 Å². The molecule has 2 aromatic carbocycles. The number of hydrogen-bond donors (Lipinski definition) is 2. The molecule has 144 valence electrons. The maximum Gasteiger partial charge on any atom is 0.255 e. The maximum absolute atomic E-state index is 12.5. The lowest BCUT2D eigenvalue weighted by Gasteiger charge is -2.21. The van der Waals surface area contributed by atoms with Crippen LogP contribution in [0.25, 0.3) is 0 Å². The Labute approximate surface area is 158 Å². The van der Waals surface area contributed by atoms with Gasteiger partial charge in [0, 0.05) is 17.3 Å². The first kappa shape index (κ1) is 19.3. The molecule has 0 aliphatic carbocycles. The summed E-state index contributed by atoms with van der Waals surface area (Å²) >= 11 is 0. The molecule has 0 saturated carbocycles. The minimum atomic E-state index is -3.80. The minimum absolute atomic E-state index is 0.0483. The highest BCUT2D eigenvalue weighted by Crippen LogP contribution is 2.34. The third kappa shape index (κ3) is 3.97. The van der Waals surface area contributed by atoms with E-state index in [2.05, 4.69) is 5.32 Å². The fraction of sp³-hybridized carbons (Fsp3) is 0.235. The molecule has 3 rings (SSSR count). The zero-order valence-corrected chi connectivity index (χ0v) is 16.3. The predicted molar refractivity (Wildman–Crippen MR) is 103 cm³/mol. The molecule has 1 amide bonds. The second kappa shape index (κ2) is 6.63. The van der Waals surface area contributed by atoms with Crippen LogP contribution in [-0.2, 0) is 26.5 Å².